The summed E-state index contributed by atoms with van der Waals surface area (Å²) in [4.78, 5) is 40.6. The first-order valence-electron chi connectivity index (χ1n) is 8.13. The van der Waals surface area contributed by atoms with Crippen molar-refractivity contribution in [2.24, 2.45) is 0 Å². The molecule has 0 saturated heterocycles. The lowest BCUT2D eigenvalue weighted by Gasteiger charge is -2.09. The summed E-state index contributed by atoms with van der Waals surface area (Å²) < 4.78 is 5.13. The van der Waals surface area contributed by atoms with E-state index in [1.165, 1.54) is 18.2 Å². The molecule has 10 heteroatoms. The van der Waals surface area contributed by atoms with Crippen LogP contribution in [0.3, 0.4) is 0 Å². The molecule has 0 atom stereocenters. The van der Waals surface area contributed by atoms with Gasteiger partial charge in [-0.3, -0.25) is 24.6 Å². The molecule has 0 aliphatic carbocycles. The Hall–Kier alpha value is -3.59. The van der Waals surface area contributed by atoms with Gasteiger partial charge < -0.3 is 4.52 Å². The predicted molar refractivity (Wildman–Crippen MR) is 95.9 cm³/mol. The highest BCUT2D eigenvalue weighted by Crippen LogP contribution is 2.31. The summed E-state index contributed by atoms with van der Waals surface area (Å²) in [6.07, 6.45) is 0.359. The Morgan fingerprint density at radius 2 is 1.93 bits per heavy atom. The van der Waals surface area contributed by atoms with Gasteiger partial charge in [-0.15, -0.1) is 0 Å². The van der Waals surface area contributed by atoms with Crippen LogP contribution in [0.4, 0.5) is 5.69 Å². The minimum Gasteiger partial charge on any atom is -0.337 e. The molecular formula is C18H11ClN4O5. The number of fused-ring (bicyclic) bond motifs is 1. The fourth-order valence-electron chi connectivity index (χ4n) is 3.00. The van der Waals surface area contributed by atoms with Crippen molar-refractivity contribution in [2.45, 2.75) is 13.0 Å². The Kier molecular flexibility index (Phi) is 4.36. The molecule has 0 unspecified atom stereocenters. The lowest BCUT2D eigenvalue weighted by molar-refractivity contribution is -0.385. The number of aromatic nitrogens is 2. The molecule has 3 aromatic rings. The highest BCUT2D eigenvalue weighted by Gasteiger charge is 2.41. The summed E-state index contributed by atoms with van der Waals surface area (Å²) in [6.45, 7) is -0.272. The molecule has 1 aromatic heterocycles. The van der Waals surface area contributed by atoms with Crippen molar-refractivity contribution in [3.05, 3.63) is 86.0 Å². The Morgan fingerprint density at radius 1 is 1.14 bits per heavy atom. The van der Waals surface area contributed by atoms with Crippen molar-refractivity contribution in [1.29, 1.82) is 0 Å². The maximum absolute atomic E-state index is 12.6. The lowest BCUT2D eigenvalue weighted by atomic mass is 10.1. The second-order valence-corrected chi connectivity index (χ2v) is 6.50. The van der Waals surface area contributed by atoms with Gasteiger partial charge in [-0.05, 0) is 23.8 Å². The first-order chi connectivity index (χ1) is 13.4. The molecule has 2 heterocycles. The van der Waals surface area contributed by atoms with Crippen LogP contribution in [0.5, 0.6) is 0 Å². The molecule has 2 amide bonds. The molecule has 140 valence electrons. The Morgan fingerprint density at radius 3 is 2.68 bits per heavy atom. The van der Waals surface area contributed by atoms with E-state index in [2.05, 4.69) is 10.1 Å². The fourth-order valence-corrected chi connectivity index (χ4v) is 3.22. The van der Waals surface area contributed by atoms with Crippen LogP contribution in [0.25, 0.3) is 0 Å². The van der Waals surface area contributed by atoms with Crippen LogP contribution in [-0.2, 0) is 13.0 Å². The number of benzene rings is 2. The predicted octanol–water partition coefficient (Wildman–Crippen LogP) is 3.02. The quantitative estimate of drug-likeness (QED) is 0.368. The number of carbonyl (C=O) groups is 2. The number of imide groups is 1. The molecule has 4 rings (SSSR count). The van der Waals surface area contributed by atoms with E-state index in [-0.39, 0.29) is 23.6 Å². The van der Waals surface area contributed by atoms with Crippen LogP contribution in [0.2, 0.25) is 5.02 Å². The van der Waals surface area contributed by atoms with Gasteiger partial charge in [0.15, 0.2) is 5.82 Å². The van der Waals surface area contributed by atoms with Crippen LogP contribution in [0, 0.1) is 10.1 Å². The number of halogens is 1. The monoisotopic (exact) mass is 398 g/mol. The van der Waals surface area contributed by atoms with E-state index < -0.39 is 22.4 Å². The molecule has 9 nitrogen and oxygen atoms in total. The van der Waals surface area contributed by atoms with Gasteiger partial charge in [-0.1, -0.05) is 35.0 Å². The van der Waals surface area contributed by atoms with Gasteiger partial charge >= 0.3 is 0 Å². The SMILES string of the molecule is O=C1c2cccc([N+](=O)[O-])c2C(=O)N1Cc1nc(Cc2cccc(Cl)c2)no1. The number of nitro groups is 1. The Bertz CT molecular complexity index is 1130. The zero-order valence-corrected chi connectivity index (χ0v) is 14.9. The van der Waals surface area contributed by atoms with E-state index in [1.807, 2.05) is 6.07 Å². The molecule has 28 heavy (non-hydrogen) atoms. The van der Waals surface area contributed by atoms with Gasteiger partial charge in [0.25, 0.3) is 17.5 Å². The van der Waals surface area contributed by atoms with Gasteiger partial charge in [-0.2, -0.15) is 4.98 Å². The molecule has 0 fully saturated rings. The molecule has 0 saturated carbocycles. The summed E-state index contributed by atoms with van der Waals surface area (Å²) in [7, 11) is 0. The van der Waals surface area contributed by atoms with Crippen molar-refractivity contribution in [3.8, 4) is 0 Å². The van der Waals surface area contributed by atoms with Gasteiger partial charge in [0.05, 0.1) is 10.5 Å². The number of rotatable bonds is 5. The van der Waals surface area contributed by atoms with E-state index in [0.29, 0.717) is 17.3 Å². The number of carbonyl (C=O) groups excluding carboxylic acids is 2. The minimum atomic E-state index is -0.762. The highest BCUT2D eigenvalue weighted by molar-refractivity contribution is 6.30. The second kappa shape index (κ2) is 6.86. The van der Waals surface area contributed by atoms with Gasteiger partial charge in [-0.25, -0.2) is 0 Å². The number of nitro benzene ring substituents is 1. The summed E-state index contributed by atoms with van der Waals surface area (Å²) in [6, 6.07) is 11.1. The van der Waals surface area contributed by atoms with Crippen molar-refractivity contribution < 1.29 is 19.0 Å². The molecule has 0 spiro atoms. The van der Waals surface area contributed by atoms with Gasteiger partial charge in [0.2, 0.25) is 5.89 Å². The average Bonchev–Trinajstić information content (AvgIpc) is 3.20. The lowest BCUT2D eigenvalue weighted by Crippen LogP contribution is -2.29. The van der Waals surface area contributed by atoms with E-state index >= 15 is 0 Å². The highest BCUT2D eigenvalue weighted by atomic mass is 35.5. The zero-order chi connectivity index (χ0) is 19.8. The number of nitrogens with zero attached hydrogens (tertiary/aromatic N) is 4. The van der Waals surface area contributed by atoms with Gasteiger partial charge in [0, 0.05) is 17.5 Å². The summed E-state index contributed by atoms with van der Waals surface area (Å²) in [5, 5.41) is 15.6. The van der Waals surface area contributed by atoms with Crippen molar-refractivity contribution in [2.75, 3.05) is 0 Å². The molecule has 0 N–H and O–H groups in total. The normalized spacial score (nSPS) is 13.1. The van der Waals surface area contributed by atoms with Crippen molar-refractivity contribution in [3.63, 3.8) is 0 Å². The van der Waals surface area contributed by atoms with Crippen LogP contribution >= 0.6 is 11.6 Å². The van der Waals surface area contributed by atoms with Crippen molar-refractivity contribution in [1.82, 2.24) is 15.0 Å². The first kappa shape index (κ1) is 17.8. The Labute approximate surface area is 162 Å². The summed E-state index contributed by atoms with van der Waals surface area (Å²) >= 11 is 5.95. The average molecular weight is 399 g/mol. The molecule has 1 aliphatic heterocycles. The van der Waals surface area contributed by atoms with E-state index in [0.717, 1.165) is 10.5 Å². The molecule has 0 bridgehead atoms. The van der Waals surface area contributed by atoms with Crippen LogP contribution in [0.15, 0.2) is 47.0 Å². The third-order valence-corrected chi connectivity index (χ3v) is 4.46. The molecule has 0 radical (unpaired) electrons. The van der Waals surface area contributed by atoms with E-state index in [1.54, 1.807) is 18.2 Å². The van der Waals surface area contributed by atoms with E-state index in [4.69, 9.17) is 16.1 Å². The largest absolute Gasteiger partial charge is 0.337 e. The smallest absolute Gasteiger partial charge is 0.282 e. The third-order valence-electron chi connectivity index (χ3n) is 4.23. The van der Waals surface area contributed by atoms with Gasteiger partial charge in [0.1, 0.15) is 12.1 Å². The molecule has 2 aromatic carbocycles. The minimum absolute atomic E-state index is 0.0159. The molecular weight excluding hydrogens is 388 g/mol. The topological polar surface area (TPSA) is 119 Å². The Balaban J connectivity index is 1.55. The number of hydrogen-bond acceptors (Lipinski definition) is 7. The van der Waals surface area contributed by atoms with E-state index in [9.17, 15) is 19.7 Å². The van der Waals surface area contributed by atoms with Crippen LogP contribution < -0.4 is 0 Å². The first-order valence-corrected chi connectivity index (χ1v) is 8.51. The fraction of sp³-hybridized carbons (Fsp3) is 0.111. The number of amides is 2. The number of hydrogen-bond donors (Lipinski definition) is 0. The van der Waals surface area contributed by atoms with Crippen molar-refractivity contribution >= 4 is 29.1 Å². The summed E-state index contributed by atoms with van der Waals surface area (Å²) in [5.41, 5.74) is 0.218. The molecule has 1 aliphatic rings. The standard InChI is InChI=1S/C18H11ClN4O5/c19-11-4-1-3-10(7-11)8-14-20-15(28-21-14)9-22-17(24)12-5-2-6-13(23(26)27)16(12)18(22)25/h1-7H,8-9H2. The maximum Gasteiger partial charge on any atom is 0.282 e. The zero-order valence-electron chi connectivity index (χ0n) is 14.2. The third kappa shape index (κ3) is 3.12. The van der Waals surface area contributed by atoms with Crippen LogP contribution in [0.1, 0.15) is 38.0 Å². The maximum atomic E-state index is 12.6. The summed E-state index contributed by atoms with van der Waals surface area (Å²) in [5.74, 6) is -0.991. The second-order valence-electron chi connectivity index (χ2n) is 6.06. The van der Waals surface area contributed by atoms with Crippen LogP contribution in [-0.4, -0.2) is 31.8 Å².